The zero-order valence-electron chi connectivity index (χ0n) is 21.0. The van der Waals surface area contributed by atoms with Crippen molar-refractivity contribution in [2.75, 3.05) is 0 Å². The molecule has 5 aromatic carbocycles. The lowest BCUT2D eigenvalue weighted by atomic mass is 10.1. The number of para-hydroxylation sites is 6. The topological polar surface area (TPSA) is 52.7 Å². The molecule has 0 bridgehead atoms. The number of hydrogen-bond acceptors (Lipinski definition) is 3. The molecule has 6 heteroatoms. The maximum atomic E-state index is 6.20. The van der Waals surface area contributed by atoms with Crippen molar-refractivity contribution in [3.05, 3.63) is 115 Å². The number of imidazole rings is 2. The molecule has 0 spiro atoms. The first-order chi connectivity index (χ1) is 19.2. The van der Waals surface area contributed by atoms with Crippen LogP contribution >= 0.6 is 0 Å². The monoisotopic (exact) mass is 503 g/mol. The van der Waals surface area contributed by atoms with Crippen LogP contribution in [0.3, 0.4) is 0 Å². The Morgan fingerprint density at radius 3 is 1.67 bits per heavy atom. The number of aromatic nitrogens is 5. The van der Waals surface area contributed by atoms with Gasteiger partial charge in [0.05, 0.1) is 38.8 Å². The molecule has 0 aliphatic rings. The van der Waals surface area contributed by atoms with Crippen molar-refractivity contribution in [2.45, 2.75) is 6.92 Å². The molecule has 0 unspecified atom stereocenters. The third-order valence-electron chi connectivity index (χ3n) is 7.72. The maximum absolute atomic E-state index is 6.20. The molecule has 0 radical (unpaired) electrons. The van der Waals surface area contributed by atoms with Gasteiger partial charge in [0.2, 0.25) is 11.6 Å². The minimum Gasteiger partial charge on any atom is -0.456 e. The van der Waals surface area contributed by atoms with E-state index in [1.54, 1.807) is 0 Å². The van der Waals surface area contributed by atoms with E-state index in [1.807, 2.05) is 18.2 Å². The van der Waals surface area contributed by atoms with Gasteiger partial charge in [0, 0.05) is 10.8 Å². The molecule has 39 heavy (non-hydrogen) atoms. The smallest absolute Gasteiger partial charge is 0.223 e. The standard InChI is InChI=1S/C33H21N5O/c1-20-14-16-30-22(18-20)23-19-21(15-17-31(23)39-30)36-32-34-24-8-2-4-10-26(24)37(32)28-12-6-7-13-29(28)38-27-11-5-3-9-25(27)35-33(36)38/h2-19H,1H3. The van der Waals surface area contributed by atoms with Gasteiger partial charge >= 0.3 is 0 Å². The molecule has 0 amide bonds. The van der Waals surface area contributed by atoms with E-state index in [0.717, 1.165) is 72.3 Å². The van der Waals surface area contributed by atoms with Crippen LogP contribution in [0.4, 0.5) is 0 Å². The fourth-order valence-corrected chi connectivity index (χ4v) is 5.98. The number of benzene rings is 5. The molecule has 0 fully saturated rings. The van der Waals surface area contributed by atoms with Crippen LogP contribution in [-0.2, 0) is 0 Å². The first-order valence-corrected chi connectivity index (χ1v) is 13.0. The number of aryl methyl sites for hydroxylation is 1. The Bertz CT molecular complexity index is 2360. The summed E-state index contributed by atoms with van der Waals surface area (Å²) in [6.07, 6.45) is 0. The fraction of sp³-hybridized carbons (Fsp3) is 0.0303. The van der Waals surface area contributed by atoms with E-state index in [4.69, 9.17) is 14.4 Å². The SMILES string of the molecule is Cc1ccc2oc3ccc(-n4c5nc6ccccc6n5c5ccccc5n5c6ccccc6nc45)cc3c2c1. The zero-order chi connectivity index (χ0) is 25.7. The molecule has 0 aliphatic carbocycles. The van der Waals surface area contributed by atoms with E-state index in [9.17, 15) is 0 Å². The van der Waals surface area contributed by atoms with E-state index < -0.39 is 0 Å². The third-order valence-corrected chi connectivity index (χ3v) is 7.72. The molecular weight excluding hydrogens is 482 g/mol. The Labute approximate surface area is 221 Å². The van der Waals surface area contributed by atoms with E-state index in [1.165, 1.54) is 5.56 Å². The van der Waals surface area contributed by atoms with E-state index in [-0.39, 0.29) is 0 Å². The van der Waals surface area contributed by atoms with Gasteiger partial charge in [0.1, 0.15) is 11.2 Å². The van der Waals surface area contributed by atoms with Crippen molar-refractivity contribution in [1.82, 2.24) is 23.3 Å². The van der Waals surface area contributed by atoms with Crippen molar-refractivity contribution < 1.29 is 4.42 Å². The lowest BCUT2D eigenvalue weighted by Crippen LogP contribution is -2.01. The van der Waals surface area contributed by atoms with E-state index in [2.05, 4.69) is 111 Å². The average molecular weight is 504 g/mol. The Kier molecular flexibility index (Phi) is 3.90. The van der Waals surface area contributed by atoms with Gasteiger partial charge in [-0.15, -0.1) is 0 Å². The summed E-state index contributed by atoms with van der Waals surface area (Å²) in [5.41, 5.74) is 9.98. The first kappa shape index (κ1) is 20.7. The third kappa shape index (κ3) is 2.75. The summed E-state index contributed by atoms with van der Waals surface area (Å²) in [4.78, 5) is 10.4. The molecule has 0 saturated heterocycles. The second kappa shape index (κ2) is 7.36. The van der Waals surface area contributed by atoms with Crippen LogP contribution in [-0.4, -0.2) is 23.3 Å². The fourth-order valence-electron chi connectivity index (χ4n) is 5.98. The first-order valence-electron chi connectivity index (χ1n) is 13.0. The summed E-state index contributed by atoms with van der Waals surface area (Å²) in [7, 11) is 0. The minimum atomic E-state index is 0.793. The summed E-state index contributed by atoms with van der Waals surface area (Å²) in [5, 5.41) is 2.17. The number of rotatable bonds is 1. The van der Waals surface area contributed by atoms with Crippen molar-refractivity contribution in [1.29, 1.82) is 0 Å². The quantitative estimate of drug-likeness (QED) is 0.228. The Hall–Kier alpha value is -5.36. The number of hydrogen-bond donors (Lipinski definition) is 0. The van der Waals surface area contributed by atoms with Crippen molar-refractivity contribution >= 4 is 66.6 Å². The lowest BCUT2D eigenvalue weighted by molar-refractivity contribution is 0.668. The molecule has 9 aromatic rings. The van der Waals surface area contributed by atoms with Crippen LogP contribution < -0.4 is 0 Å². The van der Waals surface area contributed by atoms with Gasteiger partial charge in [0.15, 0.2) is 0 Å². The van der Waals surface area contributed by atoms with Crippen LogP contribution in [0.2, 0.25) is 0 Å². The van der Waals surface area contributed by atoms with Crippen molar-refractivity contribution in [2.24, 2.45) is 0 Å². The van der Waals surface area contributed by atoms with Crippen LogP contribution in [0.15, 0.2) is 114 Å². The largest absolute Gasteiger partial charge is 0.456 e. The number of fused-ring (bicyclic) bond motifs is 12. The van der Waals surface area contributed by atoms with Gasteiger partial charge < -0.3 is 4.42 Å². The predicted molar refractivity (Wildman–Crippen MR) is 157 cm³/mol. The second-order valence-electron chi connectivity index (χ2n) is 10.1. The molecule has 6 nitrogen and oxygen atoms in total. The second-order valence-corrected chi connectivity index (χ2v) is 10.1. The molecule has 0 atom stereocenters. The van der Waals surface area contributed by atoms with Gasteiger partial charge in [-0.1, -0.05) is 48.0 Å². The summed E-state index contributed by atoms with van der Waals surface area (Å²) in [6, 6.07) is 37.7. The Morgan fingerprint density at radius 2 is 1.05 bits per heavy atom. The summed E-state index contributed by atoms with van der Waals surface area (Å²) in [6.45, 7) is 2.11. The van der Waals surface area contributed by atoms with Gasteiger partial charge in [-0.3, -0.25) is 8.80 Å². The van der Waals surface area contributed by atoms with Crippen LogP contribution in [0.1, 0.15) is 5.56 Å². The highest BCUT2D eigenvalue weighted by Crippen LogP contribution is 2.34. The Morgan fingerprint density at radius 1 is 0.538 bits per heavy atom. The predicted octanol–water partition coefficient (Wildman–Crippen LogP) is 8.00. The van der Waals surface area contributed by atoms with Gasteiger partial charge in [0.25, 0.3) is 0 Å². The van der Waals surface area contributed by atoms with Crippen LogP contribution in [0, 0.1) is 6.92 Å². The molecule has 0 saturated carbocycles. The van der Waals surface area contributed by atoms with E-state index >= 15 is 0 Å². The molecule has 4 heterocycles. The number of furan rings is 1. The van der Waals surface area contributed by atoms with Gasteiger partial charge in [-0.25, -0.2) is 14.5 Å². The molecular formula is C33H21N5O. The minimum absolute atomic E-state index is 0.793. The average Bonchev–Trinajstić information content (AvgIpc) is 3.62. The van der Waals surface area contributed by atoms with Crippen LogP contribution in [0.25, 0.3) is 72.3 Å². The lowest BCUT2D eigenvalue weighted by Gasteiger charge is -2.07. The summed E-state index contributed by atoms with van der Waals surface area (Å²) >= 11 is 0. The normalized spacial score (nSPS) is 12.2. The Balaban J connectivity index is 1.57. The summed E-state index contributed by atoms with van der Waals surface area (Å²) < 4.78 is 12.9. The highest BCUT2D eigenvalue weighted by Gasteiger charge is 2.19. The zero-order valence-corrected chi connectivity index (χ0v) is 21.0. The molecule has 9 rings (SSSR count). The van der Waals surface area contributed by atoms with Crippen LogP contribution in [0.5, 0.6) is 0 Å². The summed E-state index contributed by atoms with van der Waals surface area (Å²) in [5.74, 6) is 1.59. The molecule has 184 valence electrons. The van der Waals surface area contributed by atoms with E-state index in [0.29, 0.717) is 0 Å². The molecule has 0 aliphatic heterocycles. The van der Waals surface area contributed by atoms with Gasteiger partial charge in [-0.2, -0.15) is 0 Å². The van der Waals surface area contributed by atoms with Crippen molar-refractivity contribution in [3.63, 3.8) is 0 Å². The highest BCUT2D eigenvalue weighted by atomic mass is 16.3. The maximum Gasteiger partial charge on any atom is 0.223 e. The highest BCUT2D eigenvalue weighted by molar-refractivity contribution is 6.06. The molecule has 4 aromatic heterocycles. The number of nitrogens with zero attached hydrogens (tertiary/aromatic N) is 5. The van der Waals surface area contributed by atoms with Crippen molar-refractivity contribution in [3.8, 4) is 5.69 Å². The van der Waals surface area contributed by atoms with Gasteiger partial charge in [-0.05, 0) is 73.7 Å². The molecule has 0 N–H and O–H groups in total.